The molecule has 25 heavy (non-hydrogen) atoms. The second kappa shape index (κ2) is 7.71. The SMILES string of the molecule is COc1ccccc1CN/N=C\c1cc(C)n(-c2ccccc2)c1C. The van der Waals surface area contributed by atoms with Gasteiger partial charge in [-0.1, -0.05) is 36.4 Å². The predicted octanol–water partition coefficient (Wildman–Crippen LogP) is 4.23. The van der Waals surface area contributed by atoms with Crippen LogP contribution in [0.1, 0.15) is 22.5 Å². The van der Waals surface area contributed by atoms with Crippen LogP contribution in [0.3, 0.4) is 0 Å². The van der Waals surface area contributed by atoms with Gasteiger partial charge in [-0.2, -0.15) is 5.10 Å². The smallest absolute Gasteiger partial charge is 0.123 e. The average molecular weight is 333 g/mol. The lowest BCUT2D eigenvalue weighted by molar-refractivity contribution is 0.408. The maximum absolute atomic E-state index is 5.35. The van der Waals surface area contributed by atoms with Crippen molar-refractivity contribution in [2.75, 3.05) is 7.11 Å². The molecule has 0 radical (unpaired) electrons. The Morgan fingerprint density at radius 2 is 1.76 bits per heavy atom. The van der Waals surface area contributed by atoms with E-state index in [4.69, 9.17) is 4.74 Å². The fourth-order valence-corrected chi connectivity index (χ4v) is 2.99. The molecular formula is C21H23N3O. The van der Waals surface area contributed by atoms with Crippen molar-refractivity contribution < 1.29 is 4.74 Å². The molecule has 0 aliphatic carbocycles. The van der Waals surface area contributed by atoms with Crippen LogP contribution >= 0.6 is 0 Å². The highest BCUT2D eigenvalue weighted by Gasteiger charge is 2.08. The fourth-order valence-electron chi connectivity index (χ4n) is 2.99. The van der Waals surface area contributed by atoms with Crippen LogP contribution in [0.25, 0.3) is 5.69 Å². The number of methoxy groups -OCH3 is 1. The first-order chi connectivity index (χ1) is 12.2. The molecule has 0 fully saturated rings. The molecule has 3 rings (SSSR count). The summed E-state index contributed by atoms with van der Waals surface area (Å²) < 4.78 is 7.59. The summed E-state index contributed by atoms with van der Waals surface area (Å²) in [6, 6.07) is 20.4. The first-order valence-electron chi connectivity index (χ1n) is 8.33. The van der Waals surface area contributed by atoms with Crippen LogP contribution in [0.5, 0.6) is 5.75 Å². The van der Waals surface area contributed by atoms with Gasteiger partial charge in [-0.25, -0.2) is 0 Å². The van der Waals surface area contributed by atoms with E-state index in [0.29, 0.717) is 6.54 Å². The molecule has 0 aliphatic heterocycles. The van der Waals surface area contributed by atoms with Crippen LogP contribution in [-0.4, -0.2) is 17.9 Å². The molecule has 0 spiro atoms. The third-order valence-corrected chi connectivity index (χ3v) is 4.24. The molecule has 1 aromatic heterocycles. The predicted molar refractivity (Wildman–Crippen MR) is 103 cm³/mol. The second-order valence-corrected chi connectivity index (χ2v) is 5.90. The molecule has 0 amide bonds. The number of hydrazone groups is 1. The van der Waals surface area contributed by atoms with E-state index in [1.807, 2.05) is 36.5 Å². The van der Waals surface area contributed by atoms with Crippen molar-refractivity contribution in [1.29, 1.82) is 0 Å². The Morgan fingerprint density at radius 3 is 2.52 bits per heavy atom. The van der Waals surface area contributed by atoms with Gasteiger partial charge in [0.05, 0.1) is 19.9 Å². The molecule has 0 atom stereocenters. The lowest BCUT2D eigenvalue weighted by atomic mass is 10.2. The summed E-state index contributed by atoms with van der Waals surface area (Å²) in [5.41, 5.74) is 8.81. The fraction of sp³-hybridized carbons (Fsp3) is 0.190. The Labute approximate surface area is 148 Å². The van der Waals surface area contributed by atoms with Crippen molar-refractivity contribution in [2.45, 2.75) is 20.4 Å². The van der Waals surface area contributed by atoms with Crippen LogP contribution in [0.4, 0.5) is 0 Å². The lowest BCUT2D eigenvalue weighted by Crippen LogP contribution is -2.07. The minimum Gasteiger partial charge on any atom is -0.496 e. The Morgan fingerprint density at radius 1 is 1.04 bits per heavy atom. The maximum Gasteiger partial charge on any atom is 0.123 e. The Bertz CT molecular complexity index is 866. The number of nitrogens with zero attached hydrogens (tertiary/aromatic N) is 2. The molecule has 1 N–H and O–H groups in total. The van der Waals surface area contributed by atoms with E-state index < -0.39 is 0 Å². The number of aryl methyl sites for hydroxylation is 1. The summed E-state index contributed by atoms with van der Waals surface area (Å²) in [4.78, 5) is 0. The number of aromatic nitrogens is 1. The molecule has 3 aromatic rings. The van der Waals surface area contributed by atoms with Crippen LogP contribution in [0, 0.1) is 13.8 Å². The zero-order valence-electron chi connectivity index (χ0n) is 14.9. The standard InChI is InChI=1S/C21H23N3O/c1-16-13-19(17(2)24(16)20-10-5-4-6-11-20)15-23-22-14-18-9-7-8-12-21(18)25-3/h4-13,15,22H,14H2,1-3H3/b23-15-. The molecule has 1 heterocycles. The van der Waals surface area contributed by atoms with Crippen LogP contribution in [-0.2, 0) is 6.54 Å². The van der Waals surface area contributed by atoms with E-state index in [2.05, 4.69) is 59.3 Å². The van der Waals surface area contributed by atoms with E-state index in [1.165, 1.54) is 17.1 Å². The van der Waals surface area contributed by atoms with Crippen molar-refractivity contribution in [2.24, 2.45) is 5.10 Å². The monoisotopic (exact) mass is 333 g/mol. The van der Waals surface area contributed by atoms with E-state index in [1.54, 1.807) is 7.11 Å². The van der Waals surface area contributed by atoms with Crippen LogP contribution < -0.4 is 10.2 Å². The summed E-state index contributed by atoms with van der Waals surface area (Å²) in [6.07, 6.45) is 1.87. The van der Waals surface area contributed by atoms with Gasteiger partial charge in [0.25, 0.3) is 0 Å². The third-order valence-electron chi connectivity index (χ3n) is 4.24. The van der Waals surface area contributed by atoms with Crippen molar-refractivity contribution in [3.63, 3.8) is 0 Å². The van der Waals surface area contributed by atoms with Crippen molar-refractivity contribution in [1.82, 2.24) is 9.99 Å². The minimum absolute atomic E-state index is 0.623. The van der Waals surface area contributed by atoms with Gasteiger partial charge in [0.1, 0.15) is 5.75 Å². The second-order valence-electron chi connectivity index (χ2n) is 5.90. The van der Waals surface area contributed by atoms with Gasteiger partial charge >= 0.3 is 0 Å². The van der Waals surface area contributed by atoms with Gasteiger partial charge in [-0.3, -0.25) is 0 Å². The molecule has 0 saturated carbocycles. The highest BCUT2D eigenvalue weighted by molar-refractivity contribution is 5.82. The molecular weight excluding hydrogens is 310 g/mol. The van der Waals surface area contributed by atoms with Crippen molar-refractivity contribution in [3.05, 3.63) is 83.2 Å². The van der Waals surface area contributed by atoms with Gasteiger partial charge in [0.2, 0.25) is 0 Å². The number of para-hydroxylation sites is 2. The molecule has 4 heteroatoms. The highest BCUT2D eigenvalue weighted by Crippen LogP contribution is 2.19. The topological polar surface area (TPSA) is 38.5 Å². The Kier molecular flexibility index (Phi) is 5.19. The first kappa shape index (κ1) is 16.8. The summed E-state index contributed by atoms with van der Waals surface area (Å²) in [6.45, 7) is 4.85. The quantitative estimate of drug-likeness (QED) is 0.542. The molecule has 2 aromatic carbocycles. The zero-order valence-corrected chi connectivity index (χ0v) is 14.9. The number of rotatable bonds is 6. The number of benzene rings is 2. The highest BCUT2D eigenvalue weighted by atomic mass is 16.5. The number of nitrogens with one attached hydrogen (secondary N) is 1. The summed E-state index contributed by atoms with van der Waals surface area (Å²) in [5.74, 6) is 0.868. The van der Waals surface area contributed by atoms with Gasteiger partial charge in [0, 0.05) is 28.2 Å². The van der Waals surface area contributed by atoms with E-state index in [9.17, 15) is 0 Å². The first-order valence-corrected chi connectivity index (χ1v) is 8.33. The summed E-state index contributed by atoms with van der Waals surface area (Å²) >= 11 is 0. The van der Waals surface area contributed by atoms with Crippen LogP contribution in [0.15, 0.2) is 65.8 Å². The molecule has 128 valence electrons. The molecule has 0 bridgehead atoms. The van der Waals surface area contributed by atoms with Crippen LogP contribution in [0.2, 0.25) is 0 Å². The lowest BCUT2D eigenvalue weighted by Gasteiger charge is -2.09. The molecule has 0 aliphatic rings. The van der Waals surface area contributed by atoms with Crippen molar-refractivity contribution in [3.8, 4) is 11.4 Å². The van der Waals surface area contributed by atoms with Crippen molar-refractivity contribution >= 4 is 6.21 Å². The van der Waals surface area contributed by atoms with Gasteiger partial charge in [-0.05, 0) is 38.1 Å². The number of hydrogen-bond donors (Lipinski definition) is 1. The number of ether oxygens (including phenoxy) is 1. The summed E-state index contributed by atoms with van der Waals surface area (Å²) in [7, 11) is 1.68. The Hall–Kier alpha value is -3.01. The normalized spacial score (nSPS) is 11.0. The van der Waals surface area contributed by atoms with E-state index in [0.717, 1.165) is 16.9 Å². The van der Waals surface area contributed by atoms with Gasteiger partial charge < -0.3 is 14.7 Å². The zero-order chi connectivity index (χ0) is 17.6. The average Bonchev–Trinajstić information content (AvgIpc) is 2.93. The van der Waals surface area contributed by atoms with E-state index in [-0.39, 0.29) is 0 Å². The Balaban J connectivity index is 1.72. The maximum atomic E-state index is 5.35. The van der Waals surface area contributed by atoms with Gasteiger partial charge in [-0.15, -0.1) is 0 Å². The third kappa shape index (κ3) is 3.74. The molecule has 0 saturated heterocycles. The molecule has 0 unspecified atom stereocenters. The van der Waals surface area contributed by atoms with E-state index >= 15 is 0 Å². The minimum atomic E-state index is 0.623. The largest absolute Gasteiger partial charge is 0.496 e. The number of hydrogen-bond acceptors (Lipinski definition) is 3. The van der Waals surface area contributed by atoms with Gasteiger partial charge in [0.15, 0.2) is 0 Å². The summed E-state index contributed by atoms with van der Waals surface area (Å²) in [5, 5.41) is 4.38. The molecule has 4 nitrogen and oxygen atoms in total.